The minimum Gasteiger partial charge on any atom is -0.340 e. The SMILES string of the molecule is CSCCC(NC(=O)c1cccc(C)c1)C(=O)Nc1ccc(SC(=O)N(C)C)cc1. The highest BCUT2D eigenvalue weighted by Crippen LogP contribution is 2.22. The number of benzene rings is 2. The summed E-state index contributed by atoms with van der Waals surface area (Å²) in [5, 5.41) is 5.63. The molecule has 0 aliphatic rings. The van der Waals surface area contributed by atoms with Gasteiger partial charge in [-0.05, 0) is 73.5 Å². The van der Waals surface area contributed by atoms with Gasteiger partial charge in [-0.15, -0.1) is 0 Å². The molecule has 0 saturated carbocycles. The summed E-state index contributed by atoms with van der Waals surface area (Å²) in [7, 11) is 3.40. The van der Waals surface area contributed by atoms with E-state index in [4.69, 9.17) is 0 Å². The highest BCUT2D eigenvalue weighted by atomic mass is 32.2. The summed E-state index contributed by atoms with van der Waals surface area (Å²) >= 11 is 2.74. The molecule has 0 fully saturated rings. The Kier molecular flexibility index (Phi) is 9.26. The monoisotopic (exact) mass is 445 g/mol. The Bertz CT molecular complexity index is 885. The smallest absolute Gasteiger partial charge is 0.285 e. The van der Waals surface area contributed by atoms with E-state index in [2.05, 4.69) is 10.6 Å². The van der Waals surface area contributed by atoms with Crippen LogP contribution in [0.4, 0.5) is 10.5 Å². The van der Waals surface area contributed by atoms with Crippen molar-refractivity contribution < 1.29 is 14.4 Å². The zero-order valence-corrected chi connectivity index (χ0v) is 19.2. The van der Waals surface area contributed by atoms with Crippen molar-refractivity contribution in [3.05, 3.63) is 59.7 Å². The van der Waals surface area contributed by atoms with Gasteiger partial charge in [-0.2, -0.15) is 11.8 Å². The van der Waals surface area contributed by atoms with Crippen molar-refractivity contribution in [1.82, 2.24) is 10.2 Å². The number of thioether (sulfide) groups is 2. The number of carbonyl (C=O) groups is 3. The molecule has 2 rings (SSSR count). The molecule has 8 heteroatoms. The molecule has 0 bridgehead atoms. The van der Waals surface area contributed by atoms with Crippen molar-refractivity contribution in [2.75, 3.05) is 31.4 Å². The standard InChI is InChI=1S/C22H27N3O3S2/c1-15-6-5-7-16(14-15)20(26)24-19(12-13-29-4)21(27)23-17-8-10-18(11-9-17)30-22(28)25(2)3/h5-11,14,19H,12-13H2,1-4H3,(H,23,27)(H,24,26). The lowest BCUT2D eigenvalue weighted by Crippen LogP contribution is -2.44. The molecule has 160 valence electrons. The molecule has 0 saturated heterocycles. The number of hydrogen-bond donors (Lipinski definition) is 2. The van der Waals surface area contributed by atoms with Crippen molar-refractivity contribution in [3.63, 3.8) is 0 Å². The van der Waals surface area contributed by atoms with Gasteiger partial charge in [0.2, 0.25) is 5.91 Å². The Hall–Kier alpha value is -2.45. The molecule has 2 N–H and O–H groups in total. The van der Waals surface area contributed by atoms with Gasteiger partial charge in [0, 0.05) is 30.2 Å². The molecule has 0 heterocycles. The maximum absolute atomic E-state index is 12.8. The molecule has 2 aromatic carbocycles. The van der Waals surface area contributed by atoms with Crippen LogP contribution in [0.5, 0.6) is 0 Å². The van der Waals surface area contributed by atoms with Crippen molar-refractivity contribution in [3.8, 4) is 0 Å². The van der Waals surface area contributed by atoms with Crippen LogP contribution in [0.1, 0.15) is 22.3 Å². The van der Waals surface area contributed by atoms with E-state index < -0.39 is 6.04 Å². The Morgan fingerprint density at radius 3 is 2.37 bits per heavy atom. The number of rotatable bonds is 8. The average Bonchev–Trinajstić information content (AvgIpc) is 2.72. The Labute approximate surface area is 186 Å². The summed E-state index contributed by atoms with van der Waals surface area (Å²) in [6.45, 7) is 1.92. The first-order valence-corrected chi connectivity index (χ1v) is 11.7. The van der Waals surface area contributed by atoms with E-state index in [1.165, 1.54) is 4.90 Å². The third-order valence-electron chi connectivity index (χ3n) is 4.20. The maximum atomic E-state index is 12.8. The van der Waals surface area contributed by atoms with E-state index in [9.17, 15) is 14.4 Å². The molecule has 3 amide bonds. The number of aryl methyl sites for hydroxylation is 1. The summed E-state index contributed by atoms with van der Waals surface area (Å²) < 4.78 is 0. The average molecular weight is 446 g/mol. The van der Waals surface area contributed by atoms with E-state index >= 15 is 0 Å². The van der Waals surface area contributed by atoms with Crippen LogP contribution >= 0.6 is 23.5 Å². The number of amides is 3. The predicted molar refractivity (Wildman–Crippen MR) is 125 cm³/mol. The highest BCUT2D eigenvalue weighted by Gasteiger charge is 2.21. The lowest BCUT2D eigenvalue weighted by atomic mass is 10.1. The Morgan fingerprint density at radius 2 is 1.77 bits per heavy atom. The van der Waals surface area contributed by atoms with Crippen LogP contribution in [0.3, 0.4) is 0 Å². The van der Waals surface area contributed by atoms with Gasteiger partial charge in [0.1, 0.15) is 6.04 Å². The van der Waals surface area contributed by atoms with Crippen molar-refractivity contribution in [2.24, 2.45) is 0 Å². The molecular formula is C22H27N3O3S2. The number of nitrogens with zero attached hydrogens (tertiary/aromatic N) is 1. The van der Waals surface area contributed by atoms with Gasteiger partial charge in [0.15, 0.2) is 0 Å². The minimum atomic E-state index is -0.644. The molecule has 1 unspecified atom stereocenters. The number of nitrogens with one attached hydrogen (secondary N) is 2. The molecule has 0 aliphatic carbocycles. The van der Waals surface area contributed by atoms with Crippen LogP contribution in [-0.2, 0) is 4.79 Å². The first-order valence-electron chi connectivity index (χ1n) is 9.46. The van der Waals surface area contributed by atoms with Gasteiger partial charge < -0.3 is 15.5 Å². The van der Waals surface area contributed by atoms with E-state index in [0.717, 1.165) is 28.0 Å². The minimum absolute atomic E-state index is 0.0669. The fourth-order valence-electron chi connectivity index (χ4n) is 2.56. The molecule has 1 atom stereocenters. The Balaban J connectivity index is 2.04. The fourth-order valence-corrected chi connectivity index (χ4v) is 3.69. The van der Waals surface area contributed by atoms with Crippen molar-refractivity contribution in [2.45, 2.75) is 24.3 Å². The maximum Gasteiger partial charge on any atom is 0.285 e. The quantitative estimate of drug-likeness (QED) is 0.594. The molecular weight excluding hydrogens is 418 g/mol. The molecule has 0 radical (unpaired) electrons. The third kappa shape index (κ3) is 7.42. The zero-order chi connectivity index (χ0) is 22.1. The first-order chi connectivity index (χ1) is 14.3. The molecule has 0 spiro atoms. The van der Waals surface area contributed by atoms with Crippen LogP contribution in [-0.4, -0.2) is 54.1 Å². The molecule has 0 aliphatic heterocycles. The van der Waals surface area contributed by atoms with Gasteiger partial charge in [0.05, 0.1) is 0 Å². The summed E-state index contributed by atoms with van der Waals surface area (Å²) in [5.41, 5.74) is 2.13. The van der Waals surface area contributed by atoms with Crippen molar-refractivity contribution in [1.29, 1.82) is 0 Å². The lowest BCUT2D eigenvalue weighted by molar-refractivity contribution is -0.118. The fraction of sp³-hybridized carbons (Fsp3) is 0.318. The second kappa shape index (κ2) is 11.7. The molecule has 30 heavy (non-hydrogen) atoms. The third-order valence-corrected chi connectivity index (χ3v) is 5.90. The topological polar surface area (TPSA) is 78.5 Å². The summed E-state index contributed by atoms with van der Waals surface area (Å²) in [6, 6.07) is 13.7. The highest BCUT2D eigenvalue weighted by molar-refractivity contribution is 8.13. The molecule has 6 nitrogen and oxygen atoms in total. The predicted octanol–water partition coefficient (Wildman–Crippen LogP) is 4.26. The zero-order valence-electron chi connectivity index (χ0n) is 17.6. The van der Waals surface area contributed by atoms with Crippen LogP contribution < -0.4 is 10.6 Å². The van der Waals surface area contributed by atoms with E-state index in [1.807, 2.05) is 25.3 Å². The number of carbonyl (C=O) groups excluding carboxylic acids is 3. The second-order valence-electron chi connectivity index (χ2n) is 6.95. The summed E-state index contributed by atoms with van der Waals surface area (Å²) in [5.74, 6) is 0.206. The van der Waals surface area contributed by atoms with Crippen molar-refractivity contribution >= 4 is 46.3 Å². The number of anilines is 1. The van der Waals surface area contributed by atoms with E-state index in [0.29, 0.717) is 17.7 Å². The first kappa shape index (κ1) is 23.8. The normalized spacial score (nSPS) is 11.5. The molecule has 2 aromatic rings. The summed E-state index contributed by atoms with van der Waals surface area (Å²) in [6.07, 6.45) is 2.48. The largest absolute Gasteiger partial charge is 0.340 e. The lowest BCUT2D eigenvalue weighted by Gasteiger charge is -2.18. The number of hydrogen-bond acceptors (Lipinski definition) is 5. The van der Waals surface area contributed by atoms with Gasteiger partial charge in [0.25, 0.3) is 11.1 Å². The van der Waals surface area contributed by atoms with Crippen LogP contribution in [0.15, 0.2) is 53.4 Å². The molecule has 0 aromatic heterocycles. The van der Waals surface area contributed by atoms with Crippen LogP contribution in [0, 0.1) is 6.92 Å². The summed E-state index contributed by atoms with van der Waals surface area (Å²) in [4.78, 5) is 39.5. The van der Waals surface area contributed by atoms with Gasteiger partial charge >= 0.3 is 0 Å². The van der Waals surface area contributed by atoms with Gasteiger partial charge in [-0.3, -0.25) is 14.4 Å². The van der Waals surface area contributed by atoms with Gasteiger partial charge in [-0.1, -0.05) is 17.7 Å². The van der Waals surface area contributed by atoms with E-state index in [-0.39, 0.29) is 17.1 Å². The van der Waals surface area contributed by atoms with Crippen LogP contribution in [0.25, 0.3) is 0 Å². The van der Waals surface area contributed by atoms with Gasteiger partial charge in [-0.25, -0.2) is 0 Å². The van der Waals surface area contributed by atoms with Crippen LogP contribution in [0.2, 0.25) is 0 Å². The Morgan fingerprint density at radius 1 is 1.07 bits per heavy atom. The van der Waals surface area contributed by atoms with E-state index in [1.54, 1.807) is 62.3 Å². The second-order valence-corrected chi connectivity index (χ2v) is 8.96.